The number of halogens is 2. The predicted molar refractivity (Wildman–Crippen MR) is 109 cm³/mol. The summed E-state index contributed by atoms with van der Waals surface area (Å²) in [7, 11) is 1.53. The van der Waals surface area contributed by atoms with Gasteiger partial charge in [-0.1, -0.05) is 23.7 Å². The molecule has 5 nitrogen and oxygen atoms in total. The van der Waals surface area contributed by atoms with Crippen LogP contribution in [0.15, 0.2) is 60.8 Å². The summed E-state index contributed by atoms with van der Waals surface area (Å²) >= 11 is 6.08. The summed E-state index contributed by atoms with van der Waals surface area (Å²) in [5.41, 5.74) is 2.05. The van der Waals surface area contributed by atoms with E-state index in [1.807, 2.05) is 0 Å². The standard InChI is InChI=1S/C21H19ClFN3O2/c1-28-19-7-6-17(13-18(19)22)26-21(27)15-9-11-25-20(12-15)24-10-8-14-2-4-16(23)5-3-14/h2-7,9,11-13H,8,10H2,1H3,(H,24,25)(H,26,27). The predicted octanol–water partition coefficient (Wildman–Crippen LogP) is 4.79. The Labute approximate surface area is 167 Å². The van der Waals surface area contributed by atoms with E-state index >= 15 is 0 Å². The van der Waals surface area contributed by atoms with Crippen molar-refractivity contribution in [3.8, 4) is 5.75 Å². The molecule has 0 radical (unpaired) electrons. The van der Waals surface area contributed by atoms with Crippen LogP contribution in [0.5, 0.6) is 5.75 Å². The van der Waals surface area contributed by atoms with Crippen molar-refractivity contribution < 1.29 is 13.9 Å². The summed E-state index contributed by atoms with van der Waals surface area (Å²) in [6.45, 7) is 0.609. The molecule has 1 aromatic heterocycles. The monoisotopic (exact) mass is 399 g/mol. The minimum atomic E-state index is -0.273. The highest BCUT2D eigenvalue weighted by Gasteiger charge is 2.09. The number of pyridine rings is 1. The Balaban J connectivity index is 1.59. The lowest BCUT2D eigenvalue weighted by atomic mass is 10.1. The van der Waals surface area contributed by atoms with Gasteiger partial charge in [0.15, 0.2) is 0 Å². The van der Waals surface area contributed by atoms with E-state index in [2.05, 4.69) is 15.6 Å². The zero-order valence-corrected chi connectivity index (χ0v) is 16.0. The third-order valence-electron chi connectivity index (χ3n) is 4.06. The first-order valence-electron chi connectivity index (χ1n) is 8.64. The average Bonchev–Trinajstić information content (AvgIpc) is 2.70. The van der Waals surface area contributed by atoms with Crippen LogP contribution in [-0.2, 0) is 6.42 Å². The van der Waals surface area contributed by atoms with Gasteiger partial charge >= 0.3 is 0 Å². The van der Waals surface area contributed by atoms with E-state index in [-0.39, 0.29) is 11.7 Å². The van der Waals surface area contributed by atoms with Gasteiger partial charge in [0.25, 0.3) is 5.91 Å². The molecule has 0 unspecified atom stereocenters. The van der Waals surface area contributed by atoms with E-state index in [4.69, 9.17) is 16.3 Å². The minimum Gasteiger partial charge on any atom is -0.495 e. The number of nitrogens with zero attached hydrogens (tertiary/aromatic N) is 1. The van der Waals surface area contributed by atoms with Gasteiger partial charge in [0.05, 0.1) is 12.1 Å². The number of carbonyl (C=O) groups excluding carboxylic acids is 1. The van der Waals surface area contributed by atoms with Gasteiger partial charge in [0, 0.05) is 24.0 Å². The van der Waals surface area contributed by atoms with Gasteiger partial charge < -0.3 is 15.4 Å². The topological polar surface area (TPSA) is 63.2 Å². The Hall–Kier alpha value is -3.12. The number of nitrogens with one attached hydrogen (secondary N) is 2. The first kappa shape index (κ1) is 19.6. The van der Waals surface area contributed by atoms with E-state index < -0.39 is 0 Å². The highest BCUT2D eigenvalue weighted by Crippen LogP contribution is 2.27. The number of carbonyl (C=O) groups is 1. The van der Waals surface area contributed by atoms with Gasteiger partial charge in [-0.15, -0.1) is 0 Å². The van der Waals surface area contributed by atoms with Crippen LogP contribution in [0, 0.1) is 5.82 Å². The first-order valence-corrected chi connectivity index (χ1v) is 9.02. The fraction of sp³-hybridized carbons (Fsp3) is 0.143. The van der Waals surface area contributed by atoms with Gasteiger partial charge in [-0.3, -0.25) is 4.79 Å². The maximum atomic E-state index is 12.9. The number of hydrogen-bond acceptors (Lipinski definition) is 4. The van der Waals surface area contributed by atoms with Crippen molar-refractivity contribution in [1.82, 2.24) is 4.98 Å². The summed E-state index contributed by atoms with van der Waals surface area (Å²) < 4.78 is 18.0. The highest BCUT2D eigenvalue weighted by molar-refractivity contribution is 6.32. The van der Waals surface area contributed by atoms with Crippen LogP contribution in [-0.4, -0.2) is 24.5 Å². The molecule has 0 spiro atoms. The molecule has 0 saturated carbocycles. The molecule has 0 fully saturated rings. The summed E-state index contributed by atoms with van der Waals surface area (Å²) in [5.74, 6) is 0.596. The number of methoxy groups -OCH3 is 1. The van der Waals surface area contributed by atoms with E-state index in [0.29, 0.717) is 40.8 Å². The summed E-state index contributed by atoms with van der Waals surface area (Å²) in [6.07, 6.45) is 2.28. The van der Waals surface area contributed by atoms with Crippen LogP contribution in [0.3, 0.4) is 0 Å². The van der Waals surface area contributed by atoms with E-state index in [0.717, 1.165) is 5.56 Å². The zero-order valence-electron chi connectivity index (χ0n) is 15.2. The number of aromatic nitrogens is 1. The zero-order chi connectivity index (χ0) is 19.9. The van der Waals surface area contributed by atoms with Gasteiger partial charge in [-0.2, -0.15) is 0 Å². The maximum absolute atomic E-state index is 12.9. The SMILES string of the molecule is COc1ccc(NC(=O)c2ccnc(NCCc3ccc(F)cc3)c2)cc1Cl. The lowest BCUT2D eigenvalue weighted by molar-refractivity contribution is 0.102. The second-order valence-corrected chi connectivity index (χ2v) is 6.44. The number of benzene rings is 2. The highest BCUT2D eigenvalue weighted by atomic mass is 35.5. The molecule has 0 bridgehead atoms. The summed E-state index contributed by atoms with van der Waals surface area (Å²) in [4.78, 5) is 16.7. The average molecular weight is 400 g/mol. The van der Waals surface area contributed by atoms with Crippen molar-refractivity contribution in [3.63, 3.8) is 0 Å². The molecule has 144 valence electrons. The smallest absolute Gasteiger partial charge is 0.255 e. The lowest BCUT2D eigenvalue weighted by Gasteiger charge is -2.10. The van der Waals surface area contributed by atoms with Crippen LogP contribution >= 0.6 is 11.6 Å². The molecule has 7 heteroatoms. The van der Waals surface area contributed by atoms with Crippen LogP contribution in [0.4, 0.5) is 15.9 Å². The Kier molecular flexibility index (Phi) is 6.45. The van der Waals surface area contributed by atoms with Crippen molar-refractivity contribution in [2.24, 2.45) is 0 Å². The fourth-order valence-corrected chi connectivity index (χ4v) is 2.86. The minimum absolute atomic E-state index is 0.254. The molecule has 0 aliphatic carbocycles. The summed E-state index contributed by atoms with van der Waals surface area (Å²) in [6, 6.07) is 14.7. The number of hydrogen-bond donors (Lipinski definition) is 2. The Morgan fingerprint density at radius 1 is 1.14 bits per heavy atom. The van der Waals surface area contributed by atoms with E-state index in [1.54, 1.807) is 48.7 Å². The van der Waals surface area contributed by atoms with Crippen LogP contribution < -0.4 is 15.4 Å². The molecule has 1 heterocycles. The second-order valence-electron chi connectivity index (χ2n) is 6.04. The van der Waals surface area contributed by atoms with Crippen LogP contribution in [0.2, 0.25) is 5.02 Å². The number of anilines is 2. The van der Waals surface area contributed by atoms with Crippen LogP contribution in [0.1, 0.15) is 15.9 Å². The maximum Gasteiger partial charge on any atom is 0.255 e. The van der Waals surface area contributed by atoms with Crippen molar-refractivity contribution in [1.29, 1.82) is 0 Å². The Morgan fingerprint density at radius 2 is 1.93 bits per heavy atom. The second kappa shape index (κ2) is 9.19. The Bertz CT molecular complexity index is 964. The number of ether oxygens (including phenoxy) is 1. The molecule has 0 atom stereocenters. The fourth-order valence-electron chi connectivity index (χ4n) is 2.60. The van der Waals surface area contributed by atoms with Gasteiger partial charge in [-0.05, 0) is 54.4 Å². The van der Waals surface area contributed by atoms with Gasteiger partial charge in [0.2, 0.25) is 0 Å². The van der Waals surface area contributed by atoms with Crippen molar-refractivity contribution in [3.05, 3.63) is 82.8 Å². The molecular weight excluding hydrogens is 381 g/mol. The molecule has 1 amide bonds. The molecule has 0 saturated heterocycles. The van der Waals surface area contributed by atoms with Crippen molar-refractivity contribution in [2.75, 3.05) is 24.3 Å². The molecule has 2 N–H and O–H groups in total. The molecule has 3 rings (SSSR count). The third-order valence-corrected chi connectivity index (χ3v) is 4.36. The lowest BCUT2D eigenvalue weighted by Crippen LogP contribution is -2.13. The van der Waals surface area contributed by atoms with Crippen LogP contribution in [0.25, 0.3) is 0 Å². The molecule has 2 aromatic carbocycles. The van der Waals surface area contributed by atoms with E-state index in [1.165, 1.54) is 19.2 Å². The summed E-state index contributed by atoms with van der Waals surface area (Å²) in [5, 5.41) is 6.38. The molecule has 0 aliphatic rings. The molecule has 3 aromatic rings. The van der Waals surface area contributed by atoms with Crippen molar-refractivity contribution >= 4 is 29.0 Å². The molecule has 28 heavy (non-hydrogen) atoms. The van der Waals surface area contributed by atoms with E-state index in [9.17, 15) is 9.18 Å². The normalized spacial score (nSPS) is 10.4. The van der Waals surface area contributed by atoms with Crippen molar-refractivity contribution in [2.45, 2.75) is 6.42 Å². The largest absolute Gasteiger partial charge is 0.495 e. The number of rotatable bonds is 7. The number of amides is 1. The first-order chi connectivity index (χ1) is 13.5. The molecular formula is C21H19ClFN3O2. The molecule has 0 aliphatic heterocycles. The third kappa shape index (κ3) is 5.20. The Morgan fingerprint density at radius 3 is 2.64 bits per heavy atom. The quantitative estimate of drug-likeness (QED) is 0.599. The van der Waals surface area contributed by atoms with Gasteiger partial charge in [-0.25, -0.2) is 9.37 Å². The van der Waals surface area contributed by atoms with Gasteiger partial charge in [0.1, 0.15) is 17.4 Å².